The summed E-state index contributed by atoms with van der Waals surface area (Å²) in [5, 5.41) is 2.36. The number of hydrogen-bond acceptors (Lipinski definition) is 1. The zero-order chi connectivity index (χ0) is 26.4. The maximum atomic E-state index is 6.85. The summed E-state index contributed by atoms with van der Waals surface area (Å²) in [5.74, 6) is 0. The van der Waals surface area contributed by atoms with E-state index in [0.29, 0.717) is 5.41 Å². The molecule has 38 heavy (non-hydrogen) atoms. The summed E-state index contributed by atoms with van der Waals surface area (Å²) in [6.07, 6.45) is 7.47. The van der Waals surface area contributed by atoms with Gasteiger partial charge >= 0.3 is 0 Å². The molecule has 1 fully saturated rings. The smallest absolute Gasteiger partial charge is 0.216 e. The van der Waals surface area contributed by atoms with Crippen molar-refractivity contribution in [2.24, 2.45) is 12.5 Å². The van der Waals surface area contributed by atoms with Gasteiger partial charge in [-0.05, 0) is 64.3 Å². The van der Waals surface area contributed by atoms with E-state index in [9.17, 15) is 0 Å². The normalized spacial score (nSPS) is 19.0. The highest BCUT2D eigenvalue weighted by Gasteiger charge is 2.62. The minimum atomic E-state index is 0.145. The van der Waals surface area contributed by atoms with E-state index in [1.54, 1.807) is 5.56 Å². The monoisotopic (exact) mass is 500 g/mol. The number of rotatable bonds is 2. The second kappa shape index (κ2) is 7.82. The summed E-state index contributed by atoms with van der Waals surface area (Å²) in [4.78, 5) is 0. The van der Waals surface area contributed by atoms with E-state index in [-0.39, 0.29) is 10.8 Å². The van der Waals surface area contributed by atoms with Crippen LogP contribution in [0.2, 0.25) is 0 Å². The maximum Gasteiger partial charge on any atom is 0.216 e. The maximum absolute atomic E-state index is 6.85. The molecule has 3 aromatic carbocycles. The van der Waals surface area contributed by atoms with Gasteiger partial charge in [0, 0.05) is 28.5 Å². The number of furan rings is 1. The average Bonchev–Trinajstić information content (AvgIpc) is 3.58. The Bertz CT molecular complexity index is 1740. The van der Waals surface area contributed by atoms with Crippen molar-refractivity contribution in [3.05, 3.63) is 89.6 Å². The second-order valence-electron chi connectivity index (χ2n) is 12.9. The third-order valence-electron chi connectivity index (χ3n) is 10.7. The predicted octanol–water partition coefficient (Wildman–Crippen LogP) is 9.18. The van der Waals surface area contributed by atoms with E-state index in [1.807, 2.05) is 0 Å². The third-order valence-corrected chi connectivity index (χ3v) is 10.7. The molecule has 192 valence electrons. The number of para-hydroxylation sites is 1. The van der Waals surface area contributed by atoms with E-state index < -0.39 is 0 Å². The highest BCUT2D eigenvalue weighted by Crippen LogP contribution is 2.68. The van der Waals surface area contributed by atoms with Gasteiger partial charge in [-0.3, -0.25) is 0 Å². The van der Waals surface area contributed by atoms with Gasteiger partial charge in [-0.25, -0.2) is 4.57 Å². The summed E-state index contributed by atoms with van der Waals surface area (Å²) in [7, 11) is 2.10. The minimum Gasteiger partial charge on any atom is -0.454 e. The molecule has 2 aromatic heterocycles. The Morgan fingerprint density at radius 3 is 2.24 bits per heavy atom. The van der Waals surface area contributed by atoms with Gasteiger partial charge in [0.25, 0.3) is 0 Å². The number of nitrogens with zero attached hydrogens (tertiary/aromatic N) is 1. The zero-order valence-corrected chi connectivity index (χ0v) is 23.6. The lowest BCUT2D eigenvalue weighted by atomic mass is 9.56. The molecule has 0 aliphatic heterocycles. The molecule has 2 aliphatic carbocycles. The fourth-order valence-electron chi connectivity index (χ4n) is 8.59. The molecule has 1 saturated carbocycles. The largest absolute Gasteiger partial charge is 0.454 e. The van der Waals surface area contributed by atoms with Gasteiger partial charge in [-0.1, -0.05) is 89.1 Å². The van der Waals surface area contributed by atoms with Gasteiger partial charge in [0.2, 0.25) is 5.69 Å². The number of pyridine rings is 1. The lowest BCUT2D eigenvalue weighted by Crippen LogP contribution is -2.45. The van der Waals surface area contributed by atoms with Crippen molar-refractivity contribution in [1.82, 2.24) is 0 Å². The predicted molar refractivity (Wildman–Crippen MR) is 157 cm³/mol. The topological polar surface area (TPSA) is 17.0 Å². The molecular weight excluding hydrogens is 462 g/mol. The highest BCUT2D eigenvalue weighted by atomic mass is 16.3. The van der Waals surface area contributed by atoms with Crippen molar-refractivity contribution >= 4 is 21.9 Å². The lowest BCUT2D eigenvalue weighted by Gasteiger charge is -2.47. The Morgan fingerprint density at radius 2 is 1.47 bits per heavy atom. The van der Waals surface area contributed by atoms with Gasteiger partial charge in [0.05, 0.1) is 5.56 Å². The van der Waals surface area contributed by atoms with Crippen molar-refractivity contribution in [1.29, 1.82) is 0 Å². The standard InChI is InChI=1S/C36H38NO/c1-23-15-17-27-26-13-11-12-25(32(26)38-33(27)31(23)30-14-7-10-21-37(30)6)24-16-18-28-29(22-24)35(4,5)36(34(28,2)3)19-8-9-20-36/h7,10-18,21-22H,8-9,19-20H2,1-6H3/q+1. The summed E-state index contributed by atoms with van der Waals surface area (Å²) in [6, 6.07) is 24.7. The molecule has 2 heteroatoms. The van der Waals surface area contributed by atoms with Gasteiger partial charge in [0.15, 0.2) is 6.20 Å². The fourth-order valence-corrected chi connectivity index (χ4v) is 8.59. The van der Waals surface area contributed by atoms with Crippen LogP contribution < -0.4 is 4.57 Å². The van der Waals surface area contributed by atoms with E-state index in [0.717, 1.165) is 11.2 Å². The molecule has 0 N–H and O–H groups in total. The first-order valence-corrected chi connectivity index (χ1v) is 14.2. The summed E-state index contributed by atoms with van der Waals surface area (Å²) < 4.78 is 9.03. The molecule has 0 atom stereocenters. The van der Waals surface area contributed by atoms with Crippen LogP contribution in [-0.4, -0.2) is 0 Å². The molecule has 2 heterocycles. The van der Waals surface area contributed by atoms with Crippen molar-refractivity contribution < 1.29 is 8.98 Å². The van der Waals surface area contributed by atoms with Gasteiger partial charge in [-0.2, -0.15) is 0 Å². The number of fused-ring (bicyclic) bond motifs is 4. The van der Waals surface area contributed by atoms with Crippen LogP contribution in [0.5, 0.6) is 0 Å². The van der Waals surface area contributed by atoms with Gasteiger partial charge in [-0.15, -0.1) is 0 Å². The molecule has 7 rings (SSSR count). The van der Waals surface area contributed by atoms with E-state index in [4.69, 9.17) is 4.42 Å². The van der Waals surface area contributed by atoms with Crippen LogP contribution >= 0.6 is 0 Å². The Labute approximate surface area is 226 Å². The number of aromatic nitrogens is 1. The summed E-state index contributed by atoms with van der Waals surface area (Å²) >= 11 is 0. The molecule has 0 amide bonds. The molecule has 2 nitrogen and oxygen atoms in total. The average molecular weight is 501 g/mol. The molecule has 0 unspecified atom stereocenters. The van der Waals surface area contributed by atoms with E-state index in [2.05, 4.69) is 119 Å². The van der Waals surface area contributed by atoms with Crippen LogP contribution in [-0.2, 0) is 17.9 Å². The Kier molecular flexibility index (Phi) is 4.88. The van der Waals surface area contributed by atoms with Crippen molar-refractivity contribution in [3.8, 4) is 22.4 Å². The first kappa shape index (κ1) is 23.7. The Hall–Kier alpha value is -3.39. The van der Waals surface area contributed by atoms with E-state index in [1.165, 1.54) is 70.0 Å². The highest BCUT2D eigenvalue weighted by molar-refractivity contribution is 6.13. The van der Waals surface area contributed by atoms with Crippen LogP contribution in [0.25, 0.3) is 44.3 Å². The molecule has 5 aromatic rings. The number of aryl methyl sites for hydroxylation is 2. The Morgan fingerprint density at radius 1 is 0.737 bits per heavy atom. The van der Waals surface area contributed by atoms with E-state index >= 15 is 0 Å². The van der Waals surface area contributed by atoms with Crippen molar-refractivity contribution in [3.63, 3.8) is 0 Å². The molecule has 0 bridgehead atoms. The van der Waals surface area contributed by atoms with Crippen molar-refractivity contribution in [2.75, 3.05) is 0 Å². The lowest BCUT2D eigenvalue weighted by molar-refractivity contribution is -0.660. The van der Waals surface area contributed by atoms with Gasteiger partial charge < -0.3 is 4.42 Å². The first-order valence-electron chi connectivity index (χ1n) is 14.2. The van der Waals surface area contributed by atoms with Crippen LogP contribution in [0, 0.1) is 12.3 Å². The third kappa shape index (κ3) is 2.87. The second-order valence-corrected chi connectivity index (χ2v) is 12.9. The molecule has 0 radical (unpaired) electrons. The summed E-state index contributed by atoms with van der Waals surface area (Å²) in [5.41, 5.74) is 11.7. The molecular formula is C36H38NO+. The van der Waals surface area contributed by atoms with Crippen LogP contribution in [0.3, 0.4) is 0 Å². The van der Waals surface area contributed by atoms with Crippen LogP contribution in [0.15, 0.2) is 77.3 Å². The van der Waals surface area contributed by atoms with Crippen LogP contribution in [0.4, 0.5) is 0 Å². The SMILES string of the molecule is Cc1ccc2c(oc3c(-c4ccc5c(c4)C(C)(C)C4(CCCC4)C5(C)C)cccc32)c1-c1cccc[n+]1C. The molecule has 0 saturated heterocycles. The number of benzene rings is 3. The minimum absolute atomic E-state index is 0.145. The Balaban J connectivity index is 1.46. The van der Waals surface area contributed by atoms with Crippen molar-refractivity contribution in [2.45, 2.75) is 71.1 Å². The fraction of sp³-hybridized carbons (Fsp3) is 0.361. The quantitative estimate of drug-likeness (QED) is 0.221. The molecule has 1 spiro atoms. The van der Waals surface area contributed by atoms with Gasteiger partial charge in [0.1, 0.15) is 18.2 Å². The molecule has 2 aliphatic rings. The summed E-state index contributed by atoms with van der Waals surface area (Å²) in [6.45, 7) is 12.2. The number of hydrogen-bond donors (Lipinski definition) is 0. The zero-order valence-electron chi connectivity index (χ0n) is 23.6. The first-order chi connectivity index (χ1) is 18.2. The van der Waals surface area contributed by atoms with Crippen LogP contribution in [0.1, 0.15) is 70.1 Å².